The average molecular weight is 269 g/mol. The number of aliphatic carboxylic acids is 1. The number of allylic oxidation sites excluding steroid dienone is 2. The highest BCUT2D eigenvalue weighted by molar-refractivity contribution is 5.68. The van der Waals surface area contributed by atoms with Gasteiger partial charge in [0.2, 0.25) is 0 Å². The molecule has 2 N–H and O–H groups in total. The van der Waals surface area contributed by atoms with Crippen molar-refractivity contribution in [2.45, 2.75) is 71.1 Å². The standard InChI is InChI=1S/C16H31NO2/c1-2-3-4-5-6-7-8-9-10-11-12-13-14-17-15-16(18)19/h5-6,17H,2-4,7-15H2,1H3,(H,18,19). The van der Waals surface area contributed by atoms with Gasteiger partial charge in [0.15, 0.2) is 0 Å². The summed E-state index contributed by atoms with van der Waals surface area (Å²) in [4.78, 5) is 10.2. The Labute approximate surface area is 118 Å². The molecule has 0 saturated carbocycles. The number of unbranched alkanes of at least 4 members (excludes halogenated alkanes) is 8. The third kappa shape index (κ3) is 17.2. The first-order valence-electron chi connectivity index (χ1n) is 7.85. The zero-order valence-corrected chi connectivity index (χ0v) is 12.5. The Morgan fingerprint density at radius 1 is 0.947 bits per heavy atom. The van der Waals surface area contributed by atoms with Crippen LogP contribution in [0, 0.1) is 0 Å². The molecule has 112 valence electrons. The summed E-state index contributed by atoms with van der Waals surface area (Å²) in [7, 11) is 0. The second-order valence-corrected chi connectivity index (χ2v) is 5.09. The lowest BCUT2D eigenvalue weighted by atomic mass is 10.1. The van der Waals surface area contributed by atoms with Gasteiger partial charge >= 0.3 is 5.97 Å². The van der Waals surface area contributed by atoms with Crippen LogP contribution in [0.2, 0.25) is 0 Å². The molecule has 19 heavy (non-hydrogen) atoms. The zero-order valence-electron chi connectivity index (χ0n) is 12.5. The Kier molecular flexibility index (Phi) is 14.6. The molecule has 0 aliphatic carbocycles. The second kappa shape index (κ2) is 15.2. The summed E-state index contributed by atoms with van der Waals surface area (Å²) in [5.41, 5.74) is 0. The van der Waals surface area contributed by atoms with E-state index in [2.05, 4.69) is 24.4 Å². The highest BCUT2D eigenvalue weighted by Crippen LogP contribution is 2.07. The van der Waals surface area contributed by atoms with E-state index < -0.39 is 5.97 Å². The van der Waals surface area contributed by atoms with Gasteiger partial charge in [0, 0.05) is 0 Å². The van der Waals surface area contributed by atoms with Crippen LogP contribution in [-0.4, -0.2) is 24.2 Å². The summed E-state index contributed by atoms with van der Waals surface area (Å²) in [6.07, 6.45) is 17.2. The number of hydrogen-bond donors (Lipinski definition) is 2. The second-order valence-electron chi connectivity index (χ2n) is 5.09. The van der Waals surface area contributed by atoms with E-state index in [1.807, 2.05) is 0 Å². The van der Waals surface area contributed by atoms with Crippen molar-refractivity contribution in [1.82, 2.24) is 5.32 Å². The van der Waals surface area contributed by atoms with Crippen LogP contribution in [0.1, 0.15) is 71.1 Å². The van der Waals surface area contributed by atoms with Gasteiger partial charge in [-0.2, -0.15) is 0 Å². The Morgan fingerprint density at radius 3 is 2.16 bits per heavy atom. The first-order valence-corrected chi connectivity index (χ1v) is 7.85. The van der Waals surface area contributed by atoms with Gasteiger partial charge in [-0.1, -0.05) is 57.6 Å². The van der Waals surface area contributed by atoms with Crippen LogP contribution in [-0.2, 0) is 4.79 Å². The van der Waals surface area contributed by atoms with Crippen LogP contribution in [0.4, 0.5) is 0 Å². The molecule has 3 heteroatoms. The molecule has 0 heterocycles. The molecule has 0 aliphatic rings. The Bertz CT molecular complexity index is 227. The van der Waals surface area contributed by atoms with E-state index in [4.69, 9.17) is 5.11 Å². The van der Waals surface area contributed by atoms with Gasteiger partial charge in [0.05, 0.1) is 6.54 Å². The quantitative estimate of drug-likeness (QED) is 0.368. The minimum Gasteiger partial charge on any atom is -0.480 e. The van der Waals surface area contributed by atoms with Crippen LogP contribution in [0.25, 0.3) is 0 Å². The summed E-state index contributed by atoms with van der Waals surface area (Å²) < 4.78 is 0. The summed E-state index contributed by atoms with van der Waals surface area (Å²) >= 11 is 0. The number of nitrogens with one attached hydrogen (secondary N) is 1. The van der Waals surface area contributed by atoms with Crippen molar-refractivity contribution >= 4 is 5.97 Å². The van der Waals surface area contributed by atoms with E-state index in [0.717, 1.165) is 13.0 Å². The van der Waals surface area contributed by atoms with Crippen LogP contribution < -0.4 is 5.32 Å². The minimum absolute atomic E-state index is 0.0877. The number of carbonyl (C=O) groups is 1. The smallest absolute Gasteiger partial charge is 0.317 e. The van der Waals surface area contributed by atoms with E-state index in [0.29, 0.717) is 0 Å². The molecule has 0 aromatic carbocycles. The summed E-state index contributed by atoms with van der Waals surface area (Å²) in [6.45, 7) is 3.14. The van der Waals surface area contributed by atoms with Crippen LogP contribution in [0.3, 0.4) is 0 Å². The van der Waals surface area contributed by atoms with Crippen molar-refractivity contribution in [1.29, 1.82) is 0 Å². The first kappa shape index (κ1) is 18.2. The SMILES string of the molecule is CCCCC=CCCCCCCCCNCC(=O)O. The van der Waals surface area contributed by atoms with Gasteiger partial charge in [-0.25, -0.2) is 0 Å². The lowest BCUT2D eigenvalue weighted by Crippen LogP contribution is -2.23. The number of carboxylic acids is 1. The molecule has 0 aromatic heterocycles. The number of carboxylic acid groups (broad SMARTS) is 1. The summed E-state index contributed by atoms with van der Waals surface area (Å²) in [6, 6.07) is 0. The van der Waals surface area contributed by atoms with E-state index in [-0.39, 0.29) is 6.54 Å². The lowest BCUT2D eigenvalue weighted by molar-refractivity contribution is -0.135. The number of rotatable bonds is 14. The zero-order chi connectivity index (χ0) is 14.2. The van der Waals surface area contributed by atoms with Gasteiger partial charge in [-0.05, 0) is 32.2 Å². The molecule has 0 atom stereocenters. The molecule has 0 aliphatic heterocycles. The molecule has 0 fully saturated rings. The van der Waals surface area contributed by atoms with E-state index >= 15 is 0 Å². The van der Waals surface area contributed by atoms with Gasteiger partial charge in [0.25, 0.3) is 0 Å². The maximum absolute atomic E-state index is 10.2. The molecular formula is C16H31NO2. The summed E-state index contributed by atoms with van der Waals surface area (Å²) in [5.74, 6) is -0.771. The van der Waals surface area contributed by atoms with Crippen LogP contribution in [0.15, 0.2) is 12.2 Å². The molecule has 0 rings (SSSR count). The fraction of sp³-hybridized carbons (Fsp3) is 0.812. The molecule has 0 unspecified atom stereocenters. The maximum atomic E-state index is 10.2. The highest BCUT2D eigenvalue weighted by Gasteiger charge is 1.94. The first-order chi connectivity index (χ1) is 9.27. The van der Waals surface area contributed by atoms with Crippen molar-refractivity contribution in [3.63, 3.8) is 0 Å². The molecule has 0 saturated heterocycles. The molecule has 0 radical (unpaired) electrons. The normalized spacial score (nSPS) is 11.2. The molecule has 0 bridgehead atoms. The van der Waals surface area contributed by atoms with Crippen molar-refractivity contribution in [3.05, 3.63) is 12.2 Å². The van der Waals surface area contributed by atoms with Crippen molar-refractivity contribution < 1.29 is 9.90 Å². The van der Waals surface area contributed by atoms with Gasteiger partial charge in [0.1, 0.15) is 0 Å². The van der Waals surface area contributed by atoms with Crippen LogP contribution >= 0.6 is 0 Å². The fourth-order valence-electron chi connectivity index (χ4n) is 1.97. The van der Waals surface area contributed by atoms with E-state index in [9.17, 15) is 4.79 Å². The van der Waals surface area contributed by atoms with E-state index in [1.54, 1.807) is 0 Å². The summed E-state index contributed by atoms with van der Waals surface area (Å²) in [5, 5.41) is 11.3. The van der Waals surface area contributed by atoms with E-state index in [1.165, 1.54) is 57.8 Å². The Balaban J connectivity index is 3.02. The predicted octanol–water partition coefficient (Wildman–Crippen LogP) is 4.14. The van der Waals surface area contributed by atoms with Crippen molar-refractivity contribution in [2.75, 3.05) is 13.1 Å². The Morgan fingerprint density at radius 2 is 1.53 bits per heavy atom. The molecule has 0 spiro atoms. The molecule has 0 amide bonds. The molecule has 3 nitrogen and oxygen atoms in total. The van der Waals surface area contributed by atoms with Gasteiger partial charge in [-0.15, -0.1) is 0 Å². The van der Waals surface area contributed by atoms with Crippen molar-refractivity contribution in [3.8, 4) is 0 Å². The average Bonchev–Trinajstić information content (AvgIpc) is 2.39. The number of hydrogen-bond acceptors (Lipinski definition) is 2. The molecule has 0 aromatic rings. The third-order valence-corrected chi connectivity index (χ3v) is 3.14. The Hall–Kier alpha value is -0.830. The fourth-order valence-corrected chi connectivity index (χ4v) is 1.97. The van der Waals surface area contributed by atoms with Crippen molar-refractivity contribution in [2.24, 2.45) is 0 Å². The van der Waals surface area contributed by atoms with Gasteiger partial charge < -0.3 is 10.4 Å². The minimum atomic E-state index is -0.771. The monoisotopic (exact) mass is 269 g/mol. The third-order valence-electron chi connectivity index (χ3n) is 3.14. The predicted molar refractivity (Wildman–Crippen MR) is 81.5 cm³/mol. The largest absolute Gasteiger partial charge is 0.480 e. The van der Waals surface area contributed by atoms with Gasteiger partial charge in [-0.3, -0.25) is 4.79 Å². The van der Waals surface area contributed by atoms with Crippen LogP contribution in [0.5, 0.6) is 0 Å². The topological polar surface area (TPSA) is 49.3 Å². The lowest BCUT2D eigenvalue weighted by Gasteiger charge is -2.02. The maximum Gasteiger partial charge on any atom is 0.317 e. The molecular weight excluding hydrogens is 238 g/mol. The highest BCUT2D eigenvalue weighted by atomic mass is 16.4.